The summed E-state index contributed by atoms with van der Waals surface area (Å²) in [7, 11) is 0. The summed E-state index contributed by atoms with van der Waals surface area (Å²) in [5.41, 5.74) is 25.8. The summed E-state index contributed by atoms with van der Waals surface area (Å²) in [6.45, 7) is 28.2. The van der Waals surface area contributed by atoms with E-state index in [1.807, 2.05) is 48.8 Å². The van der Waals surface area contributed by atoms with Crippen LogP contribution in [0.25, 0.3) is 160 Å². The van der Waals surface area contributed by atoms with E-state index in [9.17, 15) is 0 Å². The highest BCUT2D eigenvalue weighted by Crippen LogP contribution is 2.49. The van der Waals surface area contributed by atoms with Gasteiger partial charge in [-0.3, -0.25) is 9.97 Å². The second-order valence-electron chi connectivity index (χ2n) is 33.0. The number of hydrogen-bond acceptors (Lipinski definition) is 2. The third kappa shape index (κ3) is 12.3. The van der Waals surface area contributed by atoms with Crippen LogP contribution in [0.2, 0.25) is 0 Å². The van der Waals surface area contributed by atoms with Crippen LogP contribution in [-0.4, -0.2) is 23.7 Å². The van der Waals surface area contributed by atoms with E-state index < -0.39 is 0 Å². The van der Waals surface area contributed by atoms with Crippen molar-refractivity contribution in [2.24, 2.45) is 0 Å². The second kappa shape index (κ2) is 26.4. The van der Waals surface area contributed by atoms with Crippen LogP contribution in [0.5, 0.6) is 0 Å². The first-order valence-corrected chi connectivity index (χ1v) is 37.7. The van der Waals surface area contributed by atoms with E-state index in [2.05, 4.69) is 380 Å². The minimum Gasteiger partial charge on any atom is -0.309 e. The Hall–Kier alpha value is -12.2. The summed E-state index contributed by atoms with van der Waals surface area (Å²) in [5.74, 6) is 0. The Morgan fingerprint density at radius 1 is 0.196 bits per heavy atom. The van der Waals surface area contributed by atoms with Crippen molar-refractivity contribution in [3.05, 3.63) is 344 Å². The van der Waals surface area contributed by atoms with Gasteiger partial charge in [0.15, 0.2) is 0 Å². The molecule has 0 unspecified atom stereocenters. The first-order valence-electron chi connectivity index (χ1n) is 37.7. The number of fused-ring (bicyclic) bond motifs is 9. The molecule has 0 aliphatic rings. The third-order valence-corrected chi connectivity index (χ3v) is 21.8. The average molecular weight is 1380 g/mol. The minimum absolute atomic E-state index is 0.0853. The Morgan fingerprint density at radius 2 is 0.421 bits per heavy atom. The molecule has 0 aliphatic carbocycles. The summed E-state index contributed by atoms with van der Waals surface area (Å²) in [6, 6.07) is 112. The number of benzene rings is 14. The van der Waals surface area contributed by atoms with Gasteiger partial charge in [-0.2, -0.15) is 0 Å². The van der Waals surface area contributed by atoms with Crippen molar-refractivity contribution in [1.29, 1.82) is 0 Å². The predicted molar refractivity (Wildman–Crippen MR) is 458 cm³/mol. The number of aromatic nitrogens is 5. The quantitative estimate of drug-likeness (QED) is 0.149. The van der Waals surface area contributed by atoms with Crippen LogP contribution in [0.3, 0.4) is 0 Å². The largest absolute Gasteiger partial charge is 0.309 e. The molecular formula is C102H89N5. The van der Waals surface area contributed by atoms with Crippen molar-refractivity contribution in [2.75, 3.05) is 0 Å². The zero-order valence-electron chi connectivity index (χ0n) is 63.3. The molecule has 14 aromatic carbocycles. The van der Waals surface area contributed by atoms with Gasteiger partial charge >= 0.3 is 0 Å². The zero-order valence-corrected chi connectivity index (χ0v) is 63.3. The van der Waals surface area contributed by atoms with E-state index >= 15 is 0 Å². The molecule has 0 spiro atoms. The average Bonchev–Trinajstić information content (AvgIpc) is 1.67. The molecule has 522 valence electrons. The Morgan fingerprint density at radius 3 is 0.654 bits per heavy atom. The maximum atomic E-state index is 4.60. The van der Waals surface area contributed by atoms with Gasteiger partial charge in [0.05, 0.1) is 44.5 Å². The highest BCUT2D eigenvalue weighted by Gasteiger charge is 2.31. The molecule has 0 bridgehead atoms. The van der Waals surface area contributed by atoms with Gasteiger partial charge in [0.1, 0.15) is 0 Å². The SMILES string of the molecule is CC(C)(C)c1cc(C(C)(C)C)c2ccc3c(C(C)(C)C)cc(C(C)(C)C)c4ccc1c2c43.c1ccc(-c2cc(-c3ccc(-n4c5ccccc5c5ccccc54)cc3)cc(-c3ccccn3)c2)nc1.c1ccc2c(c1)c1ccccc1n2-c1ccc(-c2ccc(-n3c4ccccc4c4ccccc43)cc2)cc1. The molecule has 5 aromatic heterocycles. The van der Waals surface area contributed by atoms with Crippen LogP contribution >= 0.6 is 0 Å². The normalized spacial score (nSPS) is 12.3. The van der Waals surface area contributed by atoms with Gasteiger partial charge in [0.2, 0.25) is 0 Å². The summed E-state index contributed by atoms with van der Waals surface area (Å²) < 4.78 is 7.07. The van der Waals surface area contributed by atoms with Gasteiger partial charge < -0.3 is 13.7 Å². The maximum absolute atomic E-state index is 4.60. The van der Waals surface area contributed by atoms with E-state index in [1.54, 1.807) is 0 Å². The Balaban J connectivity index is 0.000000118. The number of pyridine rings is 2. The lowest BCUT2D eigenvalue weighted by Gasteiger charge is -2.32. The van der Waals surface area contributed by atoms with Gasteiger partial charge in [-0.1, -0.05) is 277 Å². The Labute approximate surface area is 628 Å². The predicted octanol–water partition coefficient (Wildman–Crippen LogP) is 27.9. The molecule has 107 heavy (non-hydrogen) atoms. The lowest BCUT2D eigenvalue weighted by Crippen LogP contribution is -2.19. The molecule has 5 nitrogen and oxygen atoms in total. The van der Waals surface area contributed by atoms with Crippen molar-refractivity contribution >= 4 is 97.7 Å². The third-order valence-electron chi connectivity index (χ3n) is 21.8. The number of nitrogens with zero attached hydrogens (tertiary/aromatic N) is 5. The molecule has 0 fully saturated rings. The fourth-order valence-electron chi connectivity index (χ4n) is 16.6. The van der Waals surface area contributed by atoms with E-state index in [0.29, 0.717) is 0 Å². The number of hydrogen-bond donors (Lipinski definition) is 0. The first kappa shape index (κ1) is 68.0. The Bertz CT molecular complexity index is 5960. The summed E-state index contributed by atoms with van der Waals surface area (Å²) in [5, 5.41) is 16.3. The zero-order chi connectivity index (χ0) is 73.7. The van der Waals surface area contributed by atoms with Crippen molar-refractivity contribution in [2.45, 2.75) is 105 Å². The van der Waals surface area contributed by atoms with E-state index in [0.717, 1.165) is 39.3 Å². The summed E-state index contributed by atoms with van der Waals surface area (Å²) in [6.07, 6.45) is 3.67. The summed E-state index contributed by atoms with van der Waals surface area (Å²) in [4.78, 5) is 9.20. The molecule has 0 N–H and O–H groups in total. The molecule has 19 aromatic rings. The maximum Gasteiger partial charge on any atom is 0.0702 e. The molecule has 0 saturated heterocycles. The highest BCUT2D eigenvalue weighted by molar-refractivity contribution is 6.26. The summed E-state index contributed by atoms with van der Waals surface area (Å²) >= 11 is 0. The molecule has 19 rings (SSSR count). The van der Waals surface area contributed by atoms with Crippen LogP contribution in [0.15, 0.2) is 322 Å². The Kier molecular flexibility index (Phi) is 16.8. The molecule has 0 aliphatic heterocycles. The van der Waals surface area contributed by atoms with Crippen molar-refractivity contribution in [3.63, 3.8) is 0 Å². The standard InChI is InChI=1S/C36H24N2.C34H23N3.C32H42/c1-5-13-33-29(9-1)30-10-2-6-14-34(30)37(33)27-21-17-25(18-22-27)26-19-23-28(24-20-26)38-35-15-7-3-11-31(35)32-12-4-8-16-36(32)38;1-3-13-33-29(9-1)30-10-2-4-14-34(30)37(33)28-17-15-24(16-18-28)25-21-26(31-11-5-7-19-35-31)23-27(22-25)32-12-6-8-20-36-32;1-29(2,3)23-17-24(30(4,5)6)20-15-16-22-26(32(10,11)12)18-25(31(7,8)9)21-14-13-19(23)27(20)28(21)22/h1-24H;1-23H;13-18H,1-12H3. The van der Waals surface area contributed by atoms with Crippen LogP contribution in [0, 0.1) is 0 Å². The van der Waals surface area contributed by atoms with Crippen molar-refractivity contribution < 1.29 is 0 Å². The lowest BCUT2D eigenvalue weighted by atomic mass is 9.72. The monoisotopic (exact) mass is 1380 g/mol. The number of para-hydroxylation sites is 6. The van der Waals surface area contributed by atoms with E-state index in [-0.39, 0.29) is 21.7 Å². The molecular weight excluding hydrogens is 1300 g/mol. The van der Waals surface area contributed by atoms with E-state index in [1.165, 1.54) is 142 Å². The van der Waals surface area contributed by atoms with Gasteiger partial charge in [-0.05, 0) is 214 Å². The molecule has 5 heterocycles. The smallest absolute Gasteiger partial charge is 0.0702 e. The van der Waals surface area contributed by atoms with Crippen LogP contribution < -0.4 is 0 Å². The number of rotatable bonds is 7. The fraction of sp³-hybridized carbons (Fsp3) is 0.157. The first-order chi connectivity index (χ1) is 51.6. The van der Waals surface area contributed by atoms with Gasteiger partial charge in [-0.15, -0.1) is 0 Å². The molecule has 0 amide bonds. The van der Waals surface area contributed by atoms with Crippen molar-refractivity contribution in [3.8, 4) is 61.8 Å². The van der Waals surface area contributed by atoms with Gasteiger partial charge in [0, 0.05) is 72.9 Å². The van der Waals surface area contributed by atoms with Crippen LogP contribution in [0.1, 0.15) is 105 Å². The van der Waals surface area contributed by atoms with Gasteiger partial charge in [-0.25, -0.2) is 0 Å². The molecule has 0 atom stereocenters. The second-order valence-corrected chi connectivity index (χ2v) is 33.0. The van der Waals surface area contributed by atoms with E-state index in [4.69, 9.17) is 0 Å². The fourth-order valence-corrected chi connectivity index (χ4v) is 16.6. The minimum atomic E-state index is 0.0853. The van der Waals surface area contributed by atoms with Crippen molar-refractivity contribution in [1.82, 2.24) is 23.7 Å². The topological polar surface area (TPSA) is 40.6 Å². The van der Waals surface area contributed by atoms with Crippen LogP contribution in [0.4, 0.5) is 0 Å². The molecule has 0 radical (unpaired) electrons. The highest BCUT2D eigenvalue weighted by atomic mass is 15.0. The lowest BCUT2D eigenvalue weighted by molar-refractivity contribution is 0.574. The van der Waals surface area contributed by atoms with Crippen LogP contribution in [-0.2, 0) is 21.7 Å². The molecule has 0 saturated carbocycles. The molecule has 5 heteroatoms. The van der Waals surface area contributed by atoms with Gasteiger partial charge in [0.25, 0.3) is 0 Å².